The maximum atomic E-state index is 13.2. The SMILES string of the molecule is CC(C)(C(=O)N1CCCC(c2ccc(C(=O)O)cc2)C1)N1CCOCC1. The fourth-order valence-corrected chi connectivity index (χ4v) is 3.98. The quantitative estimate of drug-likeness (QED) is 0.891. The zero-order chi connectivity index (χ0) is 18.7. The van der Waals surface area contributed by atoms with Crippen molar-refractivity contribution in [2.75, 3.05) is 39.4 Å². The molecule has 1 unspecified atom stereocenters. The number of carboxylic acid groups (broad SMARTS) is 1. The maximum Gasteiger partial charge on any atom is 0.335 e. The monoisotopic (exact) mass is 360 g/mol. The molecule has 2 aliphatic heterocycles. The van der Waals surface area contributed by atoms with Crippen LogP contribution < -0.4 is 0 Å². The number of ether oxygens (including phenoxy) is 1. The van der Waals surface area contributed by atoms with Crippen molar-refractivity contribution in [1.29, 1.82) is 0 Å². The lowest BCUT2D eigenvalue weighted by atomic mass is 9.88. The maximum absolute atomic E-state index is 13.2. The van der Waals surface area contributed by atoms with Gasteiger partial charge in [-0.3, -0.25) is 9.69 Å². The summed E-state index contributed by atoms with van der Waals surface area (Å²) in [5, 5.41) is 9.05. The lowest BCUT2D eigenvalue weighted by Crippen LogP contribution is -2.60. The zero-order valence-corrected chi connectivity index (χ0v) is 15.6. The van der Waals surface area contributed by atoms with Crippen molar-refractivity contribution in [3.05, 3.63) is 35.4 Å². The first kappa shape index (κ1) is 18.9. The van der Waals surface area contributed by atoms with Crippen LogP contribution in [-0.4, -0.2) is 71.7 Å². The third-order valence-corrected chi connectivity index (χ3v) is 5.66. The third kappa shape index (κ3) is 3.91. The van der Waals surface area contributed by atoms with E-state index >= 15 is 0 Å². The number of benzene rings is 1. The normalized spacial score (nSPS) is 22.2. The van der Waals surface area contributed by atoms with Crippen molar-refractivity contribution < 1.29 is 19.4 Å². The van der Waals surface area contributed by atoms with Crippen LogP contribution in [0.1, 0.15) is 48.5 Å². The Labute approximate surface area is 154 Å². The molecule has 2 aliphatic rings. The molecule has 1 amide bonds. The van der Waals surface area contributed by atoms with Crippen LogP contribution in [0.3, 0.4) is 0 Å². The minimum Gasteiger partial charge on any atom is -0.478 e. The highest BCUT2D eigenvalue weighted by Crippen LogP contribution is 2.29. The van der Waals surface area contributed by atoms with Crippen molar-refractivity contribution >= 4 is 11.9 Å². The molecule has 0 aliphatic carbocycles. The predicted molar refractivity (Wildman–Crippen MR) is 98.4 cm³/mol. The van der Waals surface area contributed by atoms with Crippen LogP contribution in [0.2, 0.25) is 0 Å². The largest absolute Gasteiger partial charge is 0.478 e. The van der Waals surface area contributed by atoms with Gasteiger partial charge < -0.3 is 14.7 Å². The van der Waals surface area contributed by atoms with Gasteiger partial charge in [0, 0.05) is 32.1 Å². The molecular formula is C20H28N2O4. The Hall–Kier alpha value is -1.92. The van der Waals surface area contributed by atoms with Crippen LogP contribution in [0.5, 0.6) is 0 Å². The number of rotatable bonds is 4. The fraction of sp³-hybridized carbons (Fsp3) is 0.600. The van der Waals surface area contributed by atoms with Gasteiger partial charge in [0.2, 0.25) is 5.91 Å². The highest BCUT2D eigenvalue weighted by atomic mass is 16.5. The van der Waals surface area contributed by atoms with Crippen molar-refractivity contribution in [3.8, 4) is 0 Å². The van der Waals surface area contributed by atoms with Crippen LogP contribution in [-0.2, 0) is 9.53 Å². The van der Waals surface area contributed by atoms with Gasteiger partial charge in [0.15, 0.2) is 0 Å². The number of morpholine rings is 1. The zero-order valence-electron chi connectivity index (χ0n) is 15.6. The van der Waals surface area contributed by atoms with Crippen molar-refractivity contribution in [2.24, 2.45) is 0 Å². The number of carboxylic acids is 1. The molecule has 2 heterocycles. The average Bonchev–Trinajstić information content (AvgIpc) is 2.68. The van der Waals surface area contributed by atoms with Crippen LogP contribution in [0.25, 0.3) is 0 Å². The molecule has 6 nitrogen and oxygen atoms in total. The number of nitrogens with zero attached hydrogens (tertiary/aromatic N) is 2. The second kappa shape index (κ2) is 7.76. The van der Waals surface area contributed by atoms with E-state index in [2.05, 4.69) is 4.90 Å². The average molecular weight is 360 g/mol. The number of hydrogen-bond donors (Lipinski definition) is 1. The Morgan fingerprint density at radius 3 is 2.38 bits per heavy atom. The number of hydrogen-bond acceptors (Lipinski definition) is 4. The highest BCUT2D eigenvalue weighted by Gasteiger charge is 2.39. The van der Waals surface area contributed by atoms with Gasteiger partial charge in [-0.15, -0.1) is 0 Å². The van der Waals surface area contributed by atoms with Crippen molar-refractivity contribution in [2.45, 2.75) is 38.1 Å². The minimum absolute atomic E-state index is 0.172. The standard InChI is InChI=1S/C20H28N2O4/c1-20(2,22-10-12-26-13-11-22)19(25)21-9-3-4-17(14-21)15-5-7-16(8-6-15)18(23)24/h5-8,17H,3-4,9-14H2,1-2H3,(H,23,24). The predicted octanol–water partition coefficient (Wildman–Crippen LogP) is 2.20. The number of carbonyl (C=O) groups is 2. The van der Waals surface area contributed by atoms with E-state index in [0.717, 1.165) is 38.0 Å². The van der Waals surface area contributed by atoms with Gasteiger partial charge in [0.25, 0.3) is 0 Å². The van der Waals surface area contributed by atoms with E-state index in [1.165, 1.54) is 0 Å². The summed E-state index contributed by atoms with van der Waals surface area (Å²) in [6.07, 6.45) is 1.99. The summed E-state index contributed by atoms with van der Waals surface area (Å²) < 4.78 is 5.41. The van der Waals surface area contributed by atoms with Gasteiger partial charge in [-0.25, -0.2) is 4.79 Å². The van der Waals surface area contributed by atoms with Crippen LogP contribution in [0.4, 0.5) is 0 Å². The summed E-state index contributed by atoms with van der Waals surface area (Å²) in [6, 6.07) is 7.07. The Morgan fingerprint density at radius 1 is 1.12 bits per heavy atom. The van der Waals surface area contributed by atoms with E-state index in [4.69, 9.17) is 9.84 Å². The molecule has 1 aromatic rings. The molecule has 1 aromatic carbocycles. The van der Waals surface area contributed by atoms with E-state index in [0.29, 0.717) is 25.3 Å². The van der Waals surface area contributed by atoms with E-state index in [1.807, 2.05) is 30.9 Å². The molecule has 2 fully saturated rings. The fourth-order valence-electron chi connectivity index (χ4n) is 3.98. The number of piperidine rings is 1. The van der Waals surface area contributed by atoms with Crippen LogP contribution in [0.15, 0.2) is 24.3 Å². The van der Waals surface area contributed by atoms with Gasteiger partial charge >= 0.3 is 5.97 Å². The Morgan fingerprint density at radius 2 is 1.77 bits per heavy atom. The van der Waals surface area contributed by atoms with E-state index in [9.17, 15) is 9.59 Å². The van der Waals surface area contributed by atoms with E-state index in [1.54, 1.807) is 12.1 Å². The topological polar surface area (TPSA) is 70.1 Å². The van der Waals surface area contributed by atoms with Gasteiger partial charge in [-0.05, 0) is 44.4 Å². The lowest BCUT2D eigenvalue weighted by molar-refractivity contribution is -0.146. The number of likely N-dealkylation sites (tertiary alicyclic amines) is 1. The summed E-state index contributed by atoms with van der Waals surface area (Å²) in [5.41, 5.74) is 0.876. The molecule has 6 heteroatoms. The molecular weight excluding hydrogens is 332 g/mol. The van der Waals surface area contributed by atoms with Gasteiger partial charge in [0.05, 0.1) is 24.3 Å². The molecule has 0 aromatic heterocycles. The first-order valence-corrected chi connectivity index (χ1v) is 9.35. The second-order valence-corrected chi connectivity index (χ2v) is 7.68. The third-order valence-electron chi connectivity index (χ3n) is 5.66. The second-order valence-electron chi connectivity index (χ2n) is 7.68. The Balaban J connectivity index is 1.69. The molecule has 26 heavy (non-hydrogen) atoms. The molecule has 1 atom stereocenters. The first-order valence-electron chi connectivity index (χ1n) is 9.35. The number of carbonyl (C=O) groups excluding carboxylic acids is 1. The minimum atomic E-state index is -0.913. The molecule has 0 spiro atoms. The van der Waals surface area contributed by atoms with E-state index in [-0.39, 0.29) is 11.8 Å². The van der Waals surface area contributed by atoms with Crippen molar-refractivity contribution in [1.82, 2.24) is 9.80 Å². The summed E-state index contributed by atoms with van der Waals surface area (Å²) >= 11 is 0. The smallest absolute Gasteiger partial charge is 0.335 e. The van der Waals surface area contributed by atoms with Gasteiger partial charge in [0.1, 0.15) is 0 Å². The summed E-state index contributed by atoms with van der Waals surface area (Å²) in [6.45, 7) is 8.41. The van der Waals surface area contributed by atoms with Gasteiger partial charge in [-0.2, -0.15) is 0 Å². The Kier molecular flexibility index (Phi) is 5.63. The van der Waals surface area contributed by atoms with E-state index < -0.39 is 11.5 Å². The molecule has 2 saturated heterocycles. The van der Waals surface area contributed by atoms with Crippen molar-refractivity contribution in [3.63, 3.8) is 0 Å². The molecule has 142 valence electrons. The summed E-state index contributed by atoms with van der Waals surface area (Å²) in [4.78, 5) is 28.4. The van der Waals surface area contributed by atoms with Crippen LogP contribution in [0, 0.1) is 0 Å². The highest BCUT2D eigenvalue weighted by molar-refractivity contribution is 5.87. The molecule has 1 N–H and O–H groups in total. The Bertz CT molecular complexity index is 650. The van der Waals surface area contributed by atoms with Gasteiger partial charge in [-0.1, -0.05) is 12.1 Å². The molecule has 3 rings (SSSR count). The number of aromatic carboxylic acids is 1. The lowest BCUT2D eigenvalue weighted by Gasteiger charge is -2.44. The first-order chi connectivity index (χ1) is 12.4. The molecule has 0 radical (unpaired) electrons. The number of amides is 1. The molecule has 0 bridgehead atoms. The summed E-state index contributed by atoms with van der Waals surface area (Å²) in [7, 11) is 0. The van der Waals surface area contributed by atoms with Crippen LogP contribution >= 0.6 is 0 Å². The summed E-state index contributed by atoms with van der Waals surface area (Å²) in [5.74, 6) is -0.480. The molecule has 0 saturated carbocycles.